The van der Waals surface area contributed by atoms with Crippen LogP contribution in [0.5, 0.6) is 23.5 Å². The van der Waals surface area contributed by atoms with Crippen LogP contribution in [0, 0.1) is 0 Å². The zero-order valence-electron chi connectivity index (χ0n) is 7.76. The quantitative estimate of drug-likeness (QED) is 0.470. The van der Waals surface area contributed by atoms with Crippen molar-refractivity contribution in [2.45, 2.75) is 9.79 Å². The Morgan fingerprint density at radius 1 is 0.750 bits per heavy atom. The first-order valence-electron chi connectivity index (χ1n) is 4.12. The molecule has 86 valence electrons. The van der Waals surface area contributed by atoms with Gasteiger partial charge in [-0.1, -0.05) is 0 Å². The van der Waals surface area contributed by atoms with Crippen molar-refractivity contribution in [2.24, 2.45) is 0 Å². The third kappa shape index (κ3) is 2.17. The minimum Gasteiger partial charge on any atom is -0.494 e. The van der Waals surface area contributed by atoms with Crippen molar-refractivity contribution in [3.8, 4) is 23.5 Å². The summed E-state index contributed by atoms with van der Waals surface area (Å²) >= 11 is 0. The van der Waals surface area contributed by atoms with Crippen LogP contribution < -0.4 is 0 Å². The Labute approximate surface area is 97.7 Å². The molecule has 2 aromatic rings. The van der Waals surface area contributed by atoms with Crippen molar-refractivity contribution in [2.75, 3.05) is 0 Å². The molecule has 0 aliphatic rings. The Balaban J connectivity index is 2.07. The van der Waals surface area contributed by atoms with E-state index in [0.717, 1.165) is 21.6 Å². The van der Waals surface area contributed by atoms with Gasteiger partial charge in [-0.15, -0.1) is 0 Å². The van der Waals surface area contributed by atoms with E-state index in [1.54, 1.807) is 0 Å². The van der Waals surface area contributed by atoms with Crippen LogP contribution in [0.2, 0.25) is 0 Å². The Kier molecular flexibility index (Phi) is 2.84. The second-order valence-electron chi connectivity index (χ2n) is 2.90. The van der Waals surface area contributed by atoms with Gasteiger partial charge >= 0.3 is 0 Å². The molecule has 0 saturated carbocycles. The largest absolute Gasteiger partial charge is 0.494 e. The van der Waals surface area contributed by atoms with E-state index >= 15 is 0 Å². The van der Waals surface area contributed by atoms with E-state index in [1.807, 2.05) is 0 Å². The van der Waals surface area contributed by atoms with Gasteiger partial charge in [0.05, 0.1) is 9.79 Å². The highest BCUT2D eigenvalue weighted by molar-refractivity contribution is 8.76. The van der Waals surface area contributed by atoms with Crippen molar-refractivity contribution in [1.82, 2.24) is 9.97 Å². The molecule has 2 heterocycles. The Morgan fingerprint density at radius 2 is 1.12 bits per heavy atom. The van der Waals surface area contributed by atoms with Gasteiger partial charge in [-0.2, -0.15) is 0 Å². The van der Waals surface area contributed by atoms with Crippen LogP contribution in [0.25, 0.3) is 0 Å². The maximum Gasteiger partial charge on any atom is 0.206 e. The molecule has 0 aliphatic heterocycles. The van der Waals surface area contributed by atoms with E-state index < -0.39 is 0 Å². The van der Waals surface area contributed by atoms with Crippen LogP contribution in [0.4, 0.5) is 0 Å². The monoisotopic (exact) mass is 260 g/mol. The molecule has 0 radical (unpaired) electrons. The van der Waals surface area contributed by atoms with Gasteiger partial charge in [0.15, 0.2) is 11.8 Å². The first-order valence-corrected chi connectivity index (χ1v) is 6.27. The van der Waals surface area contributed by atoms with Gasteiger partial charge in [0.2, 0.25) is 11.8 Å². The number of H-pyrrole nitrogens is 2. The molecule has 6 N–H and O–H groups in total. The summed E-state index contributed by atoms with van der Waals surface area (Å²) < 4.78 is 0. The maximum absolute atomic E-state index is 9.31. The van der Waals surface area contributed by atoms with Gasteiger partial charge in [-0.25, -0.2) is 0 Å². The molecule has 0 saturated heterocycles. The highest BCUT2D eigenvalue weighted by atomic mass is 33.1. The first kappa shape index (κ1) is 11.0. The minimum absolute atomic E-state index is 0.137. The topological polar surface area (TPSA) is 112 Å². The van der Waals surface area contributed by atoms with Crippen LogP contribution in [0.15, 0.2) is 21.9 Å². The molecule has 6 nitrogen and oxygen atoms in total. The third-order valence-corrected chi connectivity index (χ3v) is 4.11. The molecule has 16 heavy (non-hydrogen) atoms. The molecule has 0 unspecified atom stereocenters. The average molecular weight is 260 g/mol. The molecule has 0 spiro atoms. The second-order valence-corrected chi connectivity index (χ2v) is 5.11. The summed E-state index contributed by atoms with van der Waals surface area (Å²) in [5.41, 5.74) is 0. The van der Waals surface area contributed by atoms with E-state index in [-0.39, 0.29) is 23.5 Å². The van der Waals surface area contributed by atoms with Crippen LogP contribution in [-0.2, 0) is 0 Å². The fourth-order valence-electron chi connectivity index (χ4n) is 1.04. The first-order chi connectivity index (χ1) is 7.56. The lowest BCUT2D eigenvalue weighted by Gasteiger charge is -1.96. The third-order valence-electron chi connectivity index (χ3n) is 1.72. The number of aromatic hydroxyl groups is 4. The molecule has 0 atom stereocenters. The fraction of sp³-hybridized carbons (Fsp3) is 0. The smallest absolute Gasteiger partial charge is 0.206 e. The summed E-state index contributed by atoms with van der Waals surface area (Å²) in [5, 5.41) is 36.7. The molecule has 0 aliphatic carbocycles. The van der Waals surface area contributed by atoms with E-state index in [4.69, 9.17) is 10.2 Å². The molecule has 2 rings (SSSR count). The lowest BCUT2D eigenvalue weighted by atomic mass is 10.6. The van der Waals surface area contributed by atoms with E-state index in [0.29, 0.717) is 9.79 Å². The van der Waals surface area contributed by atoms with Crippen molar-refractivity contribution in [3.05, 3.63) is 12.1 Å². The normalized spacial score (nSPS) is 10.8. The van der Waals surface area contributed by atoms with Gasteiger partial charge in [-0.05, 0) is 21.6 Å². The summed E-state index contributed by atoms with van der Waals surface area (Å²) in [6, 6.07) is 2.72. The number of aromatic nitrogens is 2. The fourth-order valence-corrected chi connectivity index (χ4v) is 3.10. The van der Waals surface area contributed by atoms with Crippen molar-refractivity contribution in [3.63, 3.8) is 0 Å². The molecule has 0 amide bonds. The van der Waals surface area contributed by atoms with Crippen LogP contribution in [-0.4, -0.2) is 30.4 Å². The van der Waals surface area contributed by atoms with Gasteiger partial charge in [0.25, 0.3) is 0 Å². The molecule has 0 bridgehead atoms. The number of hydrogen-bond donors (Lipinski definition) is 6. The Morgan fingerprint density at radius 3 is 1.38 bits per heavy atom. The zero-order valence-corrected chi connectivity index (χ0v) is 9.39. The summed E-state index contributed by atoms with van der Waals surface area (Å²) in [7, 11) is 2.27. The number of aromatic amines is 2. The molecular weight excluding hydrogens is 252 g/mol. The van der Waals surface area contributed by atoms with Crippen molar-refractivity contribution in [1.29, 1.82) is 0 Å². The highest BCUT2D eigenvalue weighted by Gasteiger charge is 2.11. The van der Waals surface area contributed by atoms with Crippen molar-refractivity contribution < 1.29 is 20.4 Å². The molecule has 2 aromatic heterocycles. The minimum atomic E-state index is -0.144. The average Bonchev–Trinajstić information content (AvgIpc) is 2.66. The Bertz CT molecular complexity index is 462. The van der Waals surface area contributed by atoms with Gasteiger partial charge in [-0.3, -0.25) is 9.97 Å². The van der Waals surface area contributed by atoms with Crippen LogP contribution >= 0.6 is 21.6 Å². The molecular formula is C8H8N2O4S2. The SMILES string of the molecule is Oc1cc(SSc2cc(O)[nH]c2O)c(O)[nH]1. The van der Waals surface area contributed by atoms with E-state index in [9.17, 15) is 10.2 Å². The lowest BCUT2D eigenvalue weighted by molar-refractivity contribution is 0.420. The van der Waals surface area contributed by atoms with E-state index in [1.165, 1.54) is 12.1 Å². The standard InChI is InChI=1S/C8H8N2O4S2/c11-5-1-3(7(13)9-5)15-16-4-2-6(12)10-8(4)14/h1-2,9-14H. The summed E-state index contributed by atoms with van der Waals surface area (Å²) in [6.07, 6.45) is 0. The number of rotatable bonds is 3. The summed E-state index contributed by atoms with van der Waals surface area (Å²) in [4.78, 5) is 5.51. The van der Waals surface area contributed by atoms with E-state index in [2.05, 4.69) is 9.97 Å². The molecule has 0 aromatic carbocycles. The van der Waals surface area contributed by atoms with Gasteiger partial charge < -0.3 is 20.4 Å². The lowest BCUT2D eigenvalue weighted by Crippen LogP contribution is -1.65. The van der Waals surface area contributed by atoms with Gasteiger partial charge in [0.1, 0.15) is 0 Å². The summed E-state index contributed by atoms with van der Waals surface area (Å²) in [6.45, 7) is 0. The van der Waals surface area contributed by atoms with Crippen molar-refractivity contribution >= 4 is 21.6 Å². The number of hydrogen-bond acceptors (Lipinski definition) is 6. The molecule has 0 fully saturated rings. The maximum atomic E-state index is 9.31. The van der Waals surface area contributed by atoms with Crippen LogP contribution in [0.1, 0.15) is 0 Å². The highest BCUT2D eigenvalue weighted by Crippen LogP contribution is 2.46. The Hall–Kier alpha value is -1.54. The number of nitrogens with one attached hydrogen (secondary N) is 2. The zero-order chi connectivity index (χ0) is 11.7. The molecule has 8 heteroatoms. The predicted octanol–water partition coefficient (Wildman–Crippen LogP) is 1.96. The summed E-state index contributed by atoms with van der Waals surface area (Å²) in [5.74, 6) is -0.563. The van der Waals surface area contributed by atoms with Crippen LogP contribution in [0.3, 0.4) is 0 Å². The van der Waals surface area contributed by atoms with Gasteiger partial charge in [0, 0.05) is 12.1 Å². The predicted molar refractivity (Wildman–Crippen MR) is 60.0 cm³/mol. The second kappa shape index (κ2) is 4.14.